The molecule has 3 unspecified atom stereocenters. The number of benzene rings is 2. The lowest BCUT2D eigenvalue weighted by molar-refractivity contribution is -0.131. The number of rotatable bonds is 4. The molecule has 0 N–H and O–H groups in total. The molecule has 1 fully saturated rings. The summed E-state index contributed by atoms with van der Waals surface area (Å²) in [7, 11) is 0. The molecule has 1 aliphatic carbocycles. The number of ether oxygens (including phenoxy) is 2. The van der Waals surface area contributed by atoms with Crippen LogP contribution in [0.4, 0.5) is 5.13 Å². The van der Waals surface area contributed by atoms with Crippen molar-refractivity contribution in [2.45, 2.75) is 44.8 Å². The Bertz CT molecular complexity index is 1300. The van der Waals surface area contributed by atoms with Gasteiger partial charge in [-0.25, -0.2) is 0 Å². The molecule has 0 bridgehead atoms. The Hall–Kier alpha value is -3.52. The molecule has 1 aromatic heterocycles. The average molecular weight is 474 g/mol. The van der Waals surface area contributed by atoms with Crippen LogP contribution < -0.4 is 9.64 Å². The maximum absolute atomic E-state index is 13.7. The van der Waals surface area contributed by atoms with Crippen molar-refractivity contribution in [3.8, 4) is 11.5 Å². The van der Waals surface area contributed by atoms with Crippen LogP contribution in [0.5, 0.6) is 11.5 Å². The van der Waals surface area contributed by atoms with Crippen molar-refractivity contribution in [1.82, 2.24) is 10.2 Å². The largest absolute Gasteiger partial charge is 0.483 e. The van der Waals surface area contributed by atoms with E-state index >= 15 is 0 Å². The first-order valence-corrected chi connectivity index (χ1v) is 12.3. The van der Waals surface area contributed by atoms with Crippen molar-refractivity contribution in [3.05, 3.63) is 76.5 Å². The quantitative estimate of drug-likeness (QED) is 0.522. The molecule has 6 rings (SSSR count). The summed E-state index contributed by atoms with van der Waals surface area (Å²) in [6.07, 6.45) is 3.36. The van der Waals surface area contributed by atoms with E-state index in [1.165, 1.54) is 11.3 Å². The Morgan fingerprint density at radius 3 is 2.59 bits per heavy atom. The normalized spacial score (nSPS) is 24.0. The maximum atomic E-state index is 13.7. The Morgan fingerprint density at radius 1 is 1.00 bits per heavy atom. The number of anilines is 1. The number of nitrogens with zero attached hydrogens (tertiary/aromatic N) is 3. The third-order valence-corrected chi connectivity index (χ3v) is 7.48. The highest BCUT2D eigenvalue weighted by Crippen LogP contribution is 2.49. The van der Waals surface area contributed by atoms with Gasteiger partial charge in [-0.1, -0.05) is 48.1 Å². The molecular formula is C26H23N3O4S. The smallest absolute Gasteiger partial charge is 0.296 e. The van der Waals surface area contributed by atoms with Crippen LogP contribution in [-0.4, -0.2) is 28.0 Å². The number of hydrogen-bond acceptors (Lipinski definition) is 7. The molecule has 3 heterocycles. The fourth-order valence-corrected chi connectivity index (χ4v) is 5.83. The summed E-state index contributed by atoms with van der Waals surface area (Å²) in [6, 6.07) is 16.4. The Morgan fingerprint density at radius 2 is 1.79 bits per heavy atom. The van der Waals surface area contributed by atoms with Crippen molar-refractivity contribution < 1.29 is 19.1 Å². The van der Waals surface area contributed by atoms with Gasteiger partial charge in [0.15, 0.2) is 11.5 Å². The minimum atomic E-state index is -0.635. The summed E-state index contributed by atoms with van der Waals surface area (Å²) < 4.78 is 12.3. The number of carbonyl (C=O) groups excluding carboxylic acids is 2. The standard InChI is InChI=1S/C26H23N3O4S/c1-15-27-28-26(34-15)29-22(16-8-7-11-18(14-16)32-17-9-3-2-4-10-17)21-23(30)19-12-5-6-13-20(19)33-24(21)25(29)31/h2-4,7-11,14,19-20,22H,5-6,12-13H2,1H3. The van der Waals surface area contributed by atoms with Gasteiger partial charge < -0.3 is 9.47 Å². The second-order valence-electron chi connectivity index (χ2n) is 8.82. The summed E-state index contributed by atoms with van der Waals surface area (Å²) in [4.78, 5) is 28.9. The van der Waals surface area contributed by atoms with Gasteiger partial charge in [0, 0.05) is 0 Å². The Balaban J connectivity index is 1.44. The monoisotopic (exact) mass is 473 g/mol. The molecule has 172 valence electrons. The van der Waals surface area contributed by atoms with Crippen molar-refractivity contribution in [2.24, 2.45) is 5.92 Å². The van der Waals surface area contributed by atoms with E-state index in [1.54, 1.807) is 4.90 Å². The highest BCUT2D eigenvalue weighted by atomic mass is 32.1. The number of hydrogen-bond donors (Lipinski definition) is 0. The van der Waals surface area contributed by atoms with Crippen molar-refractivity contribution in [1.29, 1.82) is 0 Å². The first-order valence-electron chi connectivity index (χ1n) is 11.5. The van der Waals surface area contributed by atoms with Crippen LogP contribution in [0.1, 0.15) is 42.3 Å². The zero-order valence-corrected chi connectivity index (χ0v) is 19.5. The van der Waals surface area contributed by atoms with Crippen molar-refractivity contribution >= 4 is 28.2 Å². The summed E-state index contributed by atoms with van der Waals surface area (Å²) >= 11 is 1.32. The number of aromatic nitrogens is 2. The molecule has 3 atom stereocenters. The van der Waals surface area contributed by atoms with Gasteiger partial charge in [0.2, 0.25) is 5.13 Å². The molecule has 1 amide bonds. The Kier molecular flexibility index (Phi) is 5.17. The second-order valence-corrected chi connectivity index (χ2v) is 9.98. The molecule has 34 heavy (non-hydrogen) atoms. The molecule has 1 saturated carbocycles. The number of aryl methyl sites for hydroxylation is 1. The zero-order chi connectivity index (χ0) is 23.2. The fraction of sp³-hybridized carbons (Fsp3) is 0.308. The summed E-state index contributed by atoms with van der Waals surface area (Å²) in [5.41, 5.74) is 1.20. The van der Waals surface area contributed by atoms with Crippen LogP contribution in [-0.2, 0) is 14.3 Å². The van der Waals surface area contributed by atoms with E-state index in [1.807, 2.05) is 61.5 Å². The number of fused-ring (bicyclic) bond motifs is 1. The molecule has 2 aliphatic heterocycles. The molecule has 3 aliphatic rings. The fourth-order valence-electron chi connectivity index (χ4n) is 5.11. The lowest BCUT2D eigenvalue weighted by atomic mass is 9.77. The number of ketones is 1. The van der Waals surface area contributed by atoms with Crippen LogP contribution in [0.3, 0.4) is 0 Å². The third-order valence-electron chi connectivity index (χ3n) is 6.64. The van der Waals surface area contributed by atoms with E-state index in [2.05, 4.69) is 10.2 Å². The summed E-state index contributed by atoms with van der Waals surface area (Å²) in [5.74, 6) is 0.979. The molecule has 2 aromatic carbocycles. The van der Waals surface area contributed by atoms with Gasteiger partial charge in [0.25, 0.3) is 5.91 Å². The SMILES string of the molecule is Cc1nnc(N2C(=O)C3=C(C(=O)C4CCCCC4O3)C2c2cccc(Oc3ccccc3)c2)s1. The van der Waals surface area contributed by atoms with Crippen LogP contribution in [0, 0.1) is 12.8 Å². The predicted molar refractivity (Wildman–Crippen MR) is 127 cm³/mol. The minimum Gasteiger partial charge on any atom is -0.483 e. The van der Waals surface area contributed by atoms with E-state index in [9.17, 15) is 9.59 Å². The molecular weight excluding hydrogens is 450 g/mol. The Labute approximate surface area is 201 Å². The first-order chi connectivity index (χ1) is 16.6. The van der Waals surface area contributed by atoms with Crippen LogP contribution in [0.15, 0.2) is 65.9 Å². The lowest BCUT2D eigenvalue weighted by Gasteiger charge is -2.35. The summed E-state index contributed by atoms with van der Waals surface area (Å²) in [6.45, 7) is 1.84. The molecule has 3 aromatic rings. The molecule has 7 nitrogen and oxygen atoms in total. The van der Waals surface area contributed by atoms with Gasteiger partial charge in [-0.05, 0) is 56.0 Å². The van der Waals surface area contributed by atoms with E-state index in [0.717, 1.165) is 36.3 Å². The highest BCUT2D eigenvalue weighted by Gasteiger charge is 2.53. The number of para-hydroxylation sites is 1. The number of Topliss-reactive ketones (excluding diaryl/α,β-unsaturated/α-hetero) is 1. The van der Waals surface area contributed by atoms with E-state index in [-0.39, 0.29) is 29.5 Å². The lowest BCUT2D eigenvalue weighted by Crippen LogP contribution is -2.39. The predicted octanol–water partition coefficient (Wildman–Crippen LogP) is 5.14. The highest BCUT2D eigenvalue weighted by molar-refractivity contribution is 7.15. The number of carbonyl (C=O) groups is 2. The minimum absolute atomic E-state index is 0.0161. The van der Waals surface area contributed by atoms with E-state index in [0.29, 0.717) is 22.2 Å². The van der Waals surface area contributed by atoms with Gasteiger partial charge in [-0.2, -0.15) is 0 Å². The van der Waals surface area contributed by atoms with Gasteiger partial charge in [0.05, 0.1) is 17.5 Å². The van der Waals surface area contributed by atoms with Crippen LogP contribution in [0.2, 0.25) is 0 Å². The maximum Gasteiger partial charge on any atom is 0.296 e. The van der Waals surface area contributed by atoms with E-state index in [4.69, 9.17) is 9.47 Å². The van der Waals surface area contributed by atoms with Crippen molar-refractivity contribution in [2.75, 3.05) is 4.90 Å². The second kappa shape index (κ2) is 8.36. The van der Waals surface area contributed by atoms with Gasteiger partial charge >= 0.3 is 0 Å². The van der Waals surface area contributed by atoms with Gasteiger partial charge in [0.1, 0.15) is 22.6 Å². The van der Waals surface area contributed by atoms with E-state index < -0.39 is 6.04 Å². The molecule has 8 heteroatoms. The average Bonchev–Trinajstić information content (AvgIpc) is 3.41. The molecule has 0 saturated heterocycles. The molecule has 0 spiro atoms. The third kappa shape index (κ3) is 3.49. The van der Waals surface area contributed by atoms with Crippen LogP contribution >= 0.6 is 11.3 Å². The molecule has 0 radical (unpaired) electrons. The zero-order valence-electron chi connectivity index (χ0n) is 18.6. The van der Waals surface area contributed by atoms with Gasteiger partial charge in [-0.15, -0.1) is 10.2 Å². The van der Waals surface area contributed by atoms with Crippen LogP contribution in [0.25, 0.3) is 0 Å². The number of amides is 1. The first kappa shape index (κ1) is 21.0. The topological polar surface area (TPSA) is 81.6 Å². The van der Waals surface area contributed by atoms with Crippen molar-refractivity contribution in [3.63, 3.8) is 0 Å². The summed E-state index contributed by atoms with van der Waals surface area (Å²) in [5, 5.41) is 9.55. The van der Waals surface area contributed by atoms with Gasteiger partial charge in [-0.3, -0.25) is 14.5 Å².